The molecule has 0 bridgehead atoms. The first-order chi connectivity index (χ1) is 29.6. The number of nitrogens with zero attached hydrogens (tertiary/aromatic N) is 2. The summed E-state index contributed by atoms with van der Waals surface area (Å²) in [5, 5.41) is 11.4. The lowest BCUT2D eigenvalue weighted by atomic mass is 9.49. The summed E-state index contributed by atoms with van der Waals surface area (Å²) < 4.78 is 11.7. The molecule has 9 rings (SSSR count). The molecule has 5 aromatic rings. The third-order valence-electron chi connectivity index (χ3n) is 12.6. The SMILES string of the molecule is COc1ccc(C23C(=O)N(Nc4ccc(Cl)cc4Cl)C(=O)C2CC2C(=CCC4C(=O)N(c5ccc(C(=O)c6ccccc6)cc5)C(=O)C42)C3c2ccccc2OCCO)cc1. The Hall–Kier alpha value is -6.27. The van der Waals surface area contributed by atoms with Crippen molar-refractivity contribution in [3.8, 4) is 11.5 Å². The molecule has 0 spiro atoms. The van der Waals surface area contributed by atoms with Crippen molar-refractivity contribution >= 4 is 64.0 Å². The molecule has 6 atom stereocenters. The van der Waals surface area contributed by atoms with Crippen molar-refractivity contribution in [2.75, 3.05) is 30.6 Å². The van der Waals surface area contributed by atoms with Gasteiger partial charge in [0.15, 0.2) is 5.78 Å². The Labute approximate surface area is 361 Å². The van der Waals surface area contributed by atoms with Crippen LogP contribution in [0, 0.1) is 23.7 Å². The minimum absolute atomic E-state index is 0.0385. The molecule has 2 aliphatic carbocycles. The quantitative estimate of drug-likeness (QED) is 0.0774. The lowest BCUT2D eigenvalue weighted by Gasteiger charge is -2.50. The van der Waals surface area contributed by atoms with Crippen LogP contribution in [0.5, 0.6) is 11.5 Å². The van der Waals surface area contributed by atoms with Gasteiger partial charge in [0.1, 0.15) is 18.1 Å². The van der Waals surface area contributed by atoms with Gasteiger partial charge in [-0.1, -0.05) is 95.5 Å². The first-order valence-corrected chi connectivity index (χ1v) is 20.7. The number of imide groups is 2. The normalized spacial score (nSPS) is 24.2. The molecule has 61 heavy (non-hydrogen) atoms. The fourth-order valence-electron chi connectivity index (χ4n) is 9.97. The number of anilines is 2. The maximum Gasteiger partial charge on any atom is 0.260 e. The highest BCUT2D eigenvalue weighted by Crippen LogP contribution is 2.65. The zero-order valence-corrected chi connectivity index (χ0v) is 34.3. The molecule has 6 unspecified atom stereocenters. The van der Waals surface area contributed by atoms with Crippen LogP contribution in [0.1, 0.15) is 45.8 Å². The number of ketones is 1. The van der Waals surface area contributed by atoms with Gasteiger partial charge in [-0.3, -0.25) is 34.3 Å². The van der Waals surface area contributed by atoms with Crippen LogP contribution in [0.25, 0.3) is 0 Å². The van der Waals surface area contributed by atoms with E-state index >= 15 is 9.59 Å². The summed E-state index contributed by atoms with van der Waals surface area (Å²) in [6.45, 7) is -0.311. The van der Waals surface area contributed by atoms with Gasteiger partial charge < -0.3 is 14.6 Å². The summed E-state index contributed by atoms with van der Waals surface area (Å²) in [4.78, 5) is 74.4. The van der Waals surface area contributed by atoms with Crippen molar-refractivity contribution in [2.45, 2.75) is 24.2 Å². The van der Waals surface area contributed by atoms with E-state index in [1.165, 1.54) is 18.1 Å². The number of ether oxygens (including phenoxy) is 2. The Balaban J connectivity index is 1.18. The second kappa shape index (κ2) is 16.0. The Morgan fingerprint density at radius 3 is 2.23 bits per heavy atom. The molecular weight excluding hydrogens is 817 g/mol. The number of para-hydroxylation sites is 1. The van der Waals surface area contributed by atoms with Gasteiger partial charge in [0.05, 0.1) is 53.3 Å². The third kappa shape index (κ3) is 6.50. The molecule has 3 fully saturated rings. The number of nitrogens with one attached hydrogen (secondary N) is 1. The van der Waals surface area contributed by atoms with Gasteiger partial charge in [0.25, 0.3) is 11.8 Å². The molecule has 13 heteroatoms. The molecule has 11 nitrogen and oxygen atoms in total. The van der Waals surface area contributed by atoms with Crippen LogP contribution in [0.3, 0.4) is 0 Å². The zero-order chi connectivity index (χ0) is 42.6. The van der Waals surface area contributed by atoms with E-state index in [0.29, 0.717) is 44.5 Å². The fourth-order valence-corrected chi connectivity index (χ4v) is 10.4. The predicted octanol–water partition coefficient (Wildman–Crippen LogP) is 7.79. The standard InChI is InChI=1S/C48H39Cl2N3O8/c1-60-32-18-13-29(14-19-32)48-37(45(57)53(47(48)59)51-39-22-15-30(49)25-38(39)50)26-36-33(42(48)34-9-5-6-10-40(34)61-24-23-54)20-21-35-41(36)46(58)52(44(35)56)31-16-11-28(12-17-31)43(55)27-7-3-2-4-8-27/h2-20,22,25,35-37,41-42,51,54H,21,23-24,26H2,1H3. The van der Waals surface area contributed by atoms with E-state index in [1.807, 2.05) is 24.3 Å². The zero-order valence-electron chi connectivity index (χ0n) is 32.8. The largest absolute Gasteiger partial charge is 0.497 e. The monoisotopic (exact) mass is 855 g/mol. The van der Waals surface area contributed by atoms with Gasteiger partial charge in [-0.25, -0.2) is 0 Å². The summed E-state index contributed by atoms with van der Waals surface area (Å²) >= 11 is 12.8. The number of aliphatic hydroxyl groups is 1. The number of allylic oxidation sites excluding steroid dienone is 2. The lowest BCUT2D eigenvalue weighted by molar-refractivity contribution is -0.138. The minimum Gasteiger partial charge on any atom is -0.497 e. The van der Waals surface area contributed by atoms with Crippen molar-refractivity contribution in [1.29, 1.82) is 0 Å². The fraction of sp³-hybridized carbons (Fsp3) is 0.229. The number of rotatable bonds is 11. The highest BCUT2D eigenvalue weighted by Gasteiger charge is 2.70. The maximum atomic E-state index is 15.6. The number of hydrogen-bond acceptors (Lipinski definition) is 9. The molecule has 2 heterocycles. The first kappa shape index (κ1) is 40.2. The van der Waals surface area contributed by atoms with Crippen LogP contribution >= 0.6 is 23.2 Å². The molecule has 1 saturated carbocycles. The van der Waals surface area contributed by atoms with E-state index in [0.717, 1.165) is 10.6 Å². The number of aliphatic hydroxyl groups excluding tert-OH is 1. The van der Waals surface area contributed by atoms with E-state index in [2.05, 4.69) is 5.43 Å². The summed E-state index contributed by atoms with van der Waals surface area (Å²) in [6.07, 6.45) is 2.22. The summed E-state index contributed by atoms with van der Waals surface area (Å²) in [5.74, 6) is -5.34. The average Bonchev–Trinajstić information content (AvgIpc) is 3.67. The molecule has 4 amide bonds. The predicted molar refractivity (Wildman–Crippen MR) is 228 cm³/mol. The number of carbonyl (C=O) groups is 5. The number of hydrogen-bond donors (Lipinski definition) is 2. The number of benzene rings is 5. The molecule has 0 radical (unpaired) electrons. The van der Waals surface area contributed by atoms with Gasteiger partial charge in [-0.15, -0.1) is 0 Å². The van der Waals surface area contributed by atoms with Crippen LogP contribution < -0.4 is 19.8 Å². The van der Waals surface area contributed by atoms with E-state index in [1.54, 1.807) is 97.1 Å². The van der Waals surface area contributed by atoms with E-state index in [-0.39, 0.29) is 48.5 Å². The van der Waals surface area contributed by atoms with Crippen molar-refractivity contribution in [2.24, 2.45) is 23.7 Å². The number of halogens is 2. The number of methoxy groups -OCH3 is 1. The summed E-state index contributed by atoms with van der Waals surface area (Å²) in [5.41, 5.74) is 4.78. The highest BCUT2D eigenvalue weighted by molar-refractivity contribution is 6.36. The molecule has 4 aliphatic rings. The van der Waals surface area contributed by atoms with Gasteiger partial charge in [-0.2, -0.15) is 5.01 Å². The van der Waals surface area contributed by atoms with E-state index in [9.17, 15) is 19.5 Å². The van der Waals surface area contributed by atoms with Gasteiger partial charge in [-0.05, 0) is 85.0 Å². The van der Waals surface area contributed by atoms with E-state index < -0.39 is 52.7 Å². The second-order valence-electron chi connectivity index (χ2n) is 15.6. The molecule has 2 aliphatic heterocycles. The van der Waals surface area contributed by atoms with Crippen LogP contribution in [0.4, 0.5) is 11.4 Å². The van der Waals surface area contributed by atoms with Gasteiger partial charge >= 0.3 is 0 Å². The molecule has 2 N–H and O–H groups in total. The number of amides is 4. The Morgan fingerprint density at radius 1 is 0.820 bits per heavy atom. The van der Waals surface area contributed by atoms with Crippen LogP contribution in [-0.2, 0) is 24.6 Å². The Kier molecular flexibility index (Phi) is 10.5. The molecule has 0 aromatic heterocycles. The van der Waals surface area contributed by atoms with Gasteiger partial charge in [0.2, 0.25) is 11.8 Å². The number of carbonyl (C=O) groups excluding carboxylic acids is 5. The highest BCUT2D eigenvalue weighted by atomic mass is 35.5. The van der Waals surface area contributed by atoms with E-state index in [4.69, 9.17) is 32.7 Å². The number of hydrazine groups is 1. The number of fused-ring (bicyclic) bond motifs is 4. The van der Waals surface area contributed by atoms with Crippen LogP contribution in [0.2, 0.25) is 10.0 Å². The summed E-state index contributed by atoms with van der Waals surface area (Å²) in [6, 6.07) is 34.2. The van der Waals surface area contributed by atoms with Crippen LogP contribution in [0.15, 0.2) is 133 Å². The van der Waals surface area contributed by atoms with Crippen molar-refractivity contribution in [3.63, 3.8) is 0 Å². The molecule has 2 saturated heterocycles. The lowest BCUT2D eigenvalue weighted by Crippen LogP contribution is -2.53. The topological polar surface area (TPSA) is 143 Å². The Morgan fingerprint density at radius 2 is 1.52 bits per heavy atom. The molecule has 308 valence electrons. The second-order valence-corrected chi connectivity index (χ2v) is 16.4. The molecular formula is C48H39Cl2N3O8. The van der Waals surface area contributed by atoms with Gasteiger partial charge in [0, 0.05) is 27.6 Å². The van der Waals surface area contributed by atoms with Crippen LogP contribution in [-0.4, -0.2) is 59.9 Å². The maximum absolute atomic E-state index is 15.6. The third-order valence-corrected chi connectivity index (χ3v) is 13.1. The van der Waals surface area contributed by atoms with Crippen molar-refractivity contribution < 1.29 is 38.6 Å². The first-order valence-electron chi connectivity index (χ1n) is 19.9. The van der Waals surface area contributed by atoms with Crippen molar-refractivity contribution in [3.05, 3.63) is 165 Å². The molecule has 5 aromatic carbocycles. The Bertz CT molecular complexity index is 2620. The minimum atomic E-state index is -1.60. The van der Waals surface area contributed by atoms with Crippen molar-refractivity contribution in [1.82, 2.24) is 5.01 Å². The summed E-state index contributed by atoms with van der Waals surface area (Å²) in [7, 11) is 1.54. The average molecular weight is 857 g/mol. The smallest absolute Gasteiger partial charge is 0.260 e.